The molecule has 4 heteroatoms. The Labute approximate surface area is 186 Å². The molecule has 0 nitrogen and oxygen atoms in total. The first kappa shape index (κ1) is 24.7. The van der Waals surface area contributed by atoms with E-state index in [9.17, 15) is 0 Å². The van der Waals surface area contributed by atoms with Gasteiger partial charge >= 0.3 is 162 Å². The van der Waals surface area contributed by atoms with Gasteiger partial charge in [-0.25, -0.2) is 0 Å². The molecule has 1 saturated heterocycles. The largest absolute Gasteiger partial charge is 1.00 e. The van der Waals surface area contributed by atoms with Crippen LogP contribution in [-0.2, 0) is 22.9 Å². The Kier molecular flexibility index (Phi) is 8.11. The van der Waals surface area contributed by atoms with Crippen LogP contribution in [0.3, 0.4) is 0 Å². The zero-order valence-corrected chi connectivity index (χ0v) is 23.6. The van der Waals surface area contributed by atoms with Gasteiger partial charge in [0.15, 0.2) is 0 Å². The van der Waals surface area contributed by atoms with Gasteiger partial charge in [0.2, 0.25) is 0 Å². The van der Waals surface area contributed by atoms with Crippen molar-refractivity contribution in [3.8, 4) is 0 Å². The molecule has 144 valence electrons. The quantitative estimate of drug-likeness (QED) is 0.433. The minimum absolute atomic E-state index is 0. The Morgan fingerprint density at radius 2 is 1.65 bits per heavy atom. The average Bonchev–Trinajstić information content (AvgIpc) is 2.93. The van der Waals surface area contributed by atoms with Crippen LogP contribution in [0.2, 0.25) is 21.3 Å². The molecular weight excluding hydrogens is 542 g/mol. The van der Waals surface area contributed by atoms with Crippen molar-refractivity contribution < 1.29 is 47.7 Å². The van der Waals surface area contributed by atoms with Crippen LogP contribution in [0.5, 0.6) is 0 Å². The molecule has 0 bridgehead atoms. The van der Waals surface area contributed by atoms with Gasteiger partial charge in [-0.1, -0.05) is 0 Å². The van der Waals surface area contributed by atoms with Crippen LogP contribution in [0.15, 0.2) is 43.5 Å². The summed E-state index contributed by atoms with van der Waals surface area (Å²) in [6, 6.07) is 4.65. The van der Waals surface area contributed by atoms with E-state index in [1.54, 1.807) is 28.8 Å². The third kappa shape index (κ3) is 4.00. The van der Waals surface area contributed by atoms with Crippen LogP contribution >= 0.6 is 0 Å². The minimum Gasteiger partial charge on any atom is -1.00 e. The Bertz CT molecular complexity index is 680. The molecule has 0 amide bonds. The Morgan fingerprint density at radius 1 is 1.04 bits per heavy atom. The number of hydrogen-bond donors (Lipinski definition) is 0. The molecule has 1 atom stereocenters. The molecule has 0 radical (unpaired) electrons. The van der Waals surface area contributed by atoms with E-state index in [4.69, 9.17) is 0 Å². The molecule has 0 aromatic carbocycles. The minimum atomic E-state index is -1.06. The Morgan fingerprint density at radius 3 is 2.08 bits per heavy atom. The fourth-order valence-electron chi connectivity index (χ4n) is 4.97. The summed E-state index contributed by atoms with van der Waals surface area (Å²) in [5, 5.41) is 1.83. The monoisotopic (exact) mass is 576 g/mol. The summed E-state index contributed by atoms with van der Waals surface area (Å²) in [5.41, 5.74) is 5.15. The molecule has 3 rings (SSSR count). The molecule has 1 fully saturated rings. The summed E-state index contributed by atoms with van der Waals surface area (Å²) in [6.07, 6.45) is 10.9. The summed E-state index contributed by atoms with van der Waals surface area (Å²) in [6.45, 7) is 17.0. The molecule has 0 N–H and O–H groups in total. The molecule has 1 unspecified atom stereocenters. The van der Waals surface area contributed by atoms with E-state index < -0.39 is 31.0 Å². The second-order valence-electron chi connectivity index (χ2n) is 9.10. The Hall–Kier alpha value is 0.627. The van der Waals surface area contributed by atoms with Gasteiger partial charge in [-0.15, -0.1) is 0 Å². The third-order valence-corrected chi connectivity index (χ3v) is 20.3. The second-order valence-corrected chi connectivity index (χ2v) is 20.3. The topological polar surface area (TPSA) is 0 Å². The van der Waals surface area contributed by atoms with Crippen molar-refractivity contribution in [2.45, 2.75) is 82.6 Å². The van der Waals surface area contributed by atoms with Crippen LogP contribution in [0.4, 0.5) is 0 Å². The second kappa shape index (κ2) is 8.55. The third-order valence-electron chi connectivity index (χ3n) is 7.17. The van der Waals surface area contributed by atoms with Crippen LogP contribution in [-0.4, -0.2) is 8.07 Å². The summed E-state index contributed by atoms with van der Waals surface area (Å²) in [7, 11) is -1.06. The molecule has 3 aliphatic rings. The van der Waals surface area contributed by atoms with Gasteiger partial charge in [-0.05, 0) is 0 Å². The average molecular weight is 576 g/mol. The smallest absolute Gasteiger partial charge is 1.00 e. The van der Waals surface area contributed by atoms with E-state index in [2.05, 4.69) is 66.7 Å². The molecular formula is C22H34Cl2HfSi. The molecule has 0 saturated carbocycles. The first-order chi connectivity index (χ1) is 11.2. The van der Waals surface area contributed by atoms with Gasteiger partial charge < -0.3 is 24.8 Å². The molecule has 0 spiro atoms. The molecule has 2 aliphatic carbocycles. The predicted octanol–water partition coefficient (Wildman–Crippen LogP) is 1.20. The van der Waals surface area contributed by atoms with Gasteiger partial charge in [-0.3, -0.25) is 0 Å². The van der Waals surface area contributed by atoms with Gasteiger partial charge in [0.05, 0.1) is 0 Å². The number of allylic oxidation sites excluding steroid dienone is 8. The van der Waals surface area contributed by atoms with Crippen molar-refractivity contribution in [1.29, 1.82) is 0 Å². The van der Waals surface area contributed by atoms with E-state index >= 15 is 0 Å². The molecule has 0 aromatic rings. The Balaban J connectivity index is 0.00000169. The fraction of sp³-hybridized carbons (Fsp3) is 0.636. The summed E-state index contributed by atoms with van der Waals surface area (Å²) >= 11 is -0.950. The van der Waals surface area contributed by atoms with Gasteiger partial charge in [-0.2, -0.15) is 0 Å². The van der Waals surface area contributed by atoms with E-state index in [-0.39, 0.29) is 24.8 Å². The first-order valence-corrected chi connectivity index (χ1v) is 16.0. The molecule has 0 aromatic heterocycles. The van der Waals surface area contributed by atoms with Crippen molar-refractivity contribution in [2.75, 3.05) is 0 Å². The van der Waals surface area contributed by atoms with Crippen molar-refractivity contribution in [2.24, 2.45) is 5.41 Å². The van der Waals surface area contributed by atoms with E-state index in [0.29, 0.717) is 8.59 Å². The molecule has 26 heavy (non-hydrogen) atoms. The SMILES string of the molecule is CCC[Si]1(C2=C[C](C)([Hf+2][C]3=C(C)C(C)=C(C)C3(C)C)C=C2)CCC1.[Cl-].[Cl-]. The van der Waals surface area contributed by atoms with Crippen LogP contribution in [0, 0.1) is 5.41 Å². The maximum Gasteiger partial charge on any atom is -1.00 e. The summed E-state index contributed by atoms with van der Waals surface area (Å²) < 4.78 is 2.29. The van der Waals surface area contributed by atoms with Gasteiger partial charge in [0, 0.05) is 0 Å². The van der Waals surface area contributed by atoms with E-state index in [0.717, 1.165) is 0 Å². The van der Waals surface area contributed by atoms with E-state index in [1.807, 2.05) is 8.53 Å². The van der Waals surface area contributed by atoms with Crippen LogP contribution in [0.25, 0.3) is 0 Å². The van der Waals surface area contributed by atoms with Crippen molar-refractivity contribution in [1.82, 2.24) is 0 Å². The zero-order valence-electron chi connectivity index (χ0n) is 17.5. The van der Waals surface area contributed by atoms with Gasteiger partial charge in [0.1, 0.15) is 0 Å². The summed E-state index contributed by atoms with van der Waals surface area (Å²) in [5.74, 6) is 0. The normalized spacial score (nSPS) is 28.2. The number of hydrogen-bond acceptors (Lipinski definition) is 0. The predicted molar refractivity (Wildman–Crippen MR) is 106 cm³/mol. The molecule has 1 heterocycles. The maximum atomic E-state index is 2.77. The van der Waals surface area contributed by atoms with Crippen molar-refractivity contribution in [3.05, 3.63) is 43.5 Å². The number of rotatable bonds is 5. The standard InChI is InChI=1S/C12H19Si.C10H15.2ClH.Hf/c1-3-7-13(8-4-9-13)12-6-5-11(2)10-12;1-7-6-10(4,5)9(3)8(7)2;;;/h5-6,10H,3-4,7-9H2,1-2H3;1-5H3;2*1H;/q;;;;+2/p-2. The molecule has 1 aliphatic heterocycles. The van der Waals surface area contributed by atoms with Crippen LogP contribution < -0.4 is 24.8 Å². The van der Waals surface area contributed by atoms with Crippen molar-refractivity contribution >= 4 is 8.07 Å². The van der Waals surface area contributed by atoms with Crippen LogP contribution in [0.1, 0.15) is 61.3 Å². The first-order valence-electron chi connectivity index (χ1n) is 9.76. The van der Waals surface area contributed by atoms with Crippen molar-refractivity contribution in [3.63, 3.8) is 0 Å². The van der Waals surface area contributed by atoms with Gasteiger partial charge in [0.25, 0.3) is 0 Å². The van der Waals surface area contributed by atoms with E-state index in [1.165, 1.54) is 18.9 Å². The zero-order chi connectivity index (χ0) is 17.8. The summed E-state index contributed by atoms with van der Waals surface area (Å²) in [4.78, 5) is 0. The number of halogens is 2. The maximum absolute atomic E-state index is 2.77. The fourth-order valence-corrected chi connectivity index (χ4v) is 16.6.